The fourth-order valence-corrected chi connectivity index (χ4v) is 17.9. The molecule has 12 aromatic carbocycles. The maximum atomic E-state index is 14.0. The number of halogens is 9. The van der Waals surface area contributed by atoms with Crippen molar-refractivity contribution in [2.45, 2.75) is 120 Å². The monoisotopic (exact) mass is 1940 g/mol. The van der Waals surface area contributed by atoms with Gasteiger partial charge in [0.15, 0.2) is 39.9 Å². The fraction of sp³-hybridized carbons (Fsp3) is 0.190. The van der Waals surface area contributed by atoms with Gasteiger partial charge in [-0.05, 0) is 288 Å². The Morgan fingerprint density at radius 2 is 0.488 bits per heavy atom. The van der Waals surface area contributed by atoms with E-state index in [4.69, 9.17) is 119 Å². The summed E-state index contributed by atoms with van der Waals surface area (Å²) >= 11 is 51.6. The predicted molar refractivity (Wildman–Crippen MR) is 523 cm³/mol. The molecule has 654 valence electrons. The molecule has 0 saturated carbocycles. The molecule has 20 nitrogen and oxygen atoms in total. The number of imide groups is 1. The van der Waals surface area contributed by atoms with Crippen LogP contribution in [0.4, 0.5) is 87.4 Å². The summed E-state index contributed by atoms with van der Waals surface area (Å²) < 4.78 is 0.955. The van der Waals surface area contributed by atoms with Crippen molar-refractivity contribution in [3.05, 3.63) is 398 Å². The molecule has 0 spiro atoms. The number of aliphatic hydroxyl groups is 3. The number of urea groups is 4. The van der Waals surface area contributed by atoms with Crippen molar-refractivity contribution in [2.75, 3.05) is 39.2 Å². The van der Waals surface area contributed by atoms with E-state index >= 15 is 0 Å². The van der Waals surface area contributed by atoms with Gasteiger partial charge in [0.25, 0.3) is 5.91 Å². The molecule has 7 atom stereocenters. The number of carbonyl (C=O) groups excluding carboxylic acids is 5. The van der Waals surface area contributed by atoms with Crippen LogP contribution in [0.5, 0.6) is 0 Å². The quantitative estimate of drug-likeness (QED) is 0.0667. The highest BCUT2D eigenvalue weighted by Gasteiger charge is 2.68. The zero-order valence-corrected chi connectivity index (χ0v) is 78.3. The maximum absolute atomic E-state index is 14.0. The summed E-state index contributed by atoms with van der Waals surface area (Å²) in [5.74, 6) is -0.257. The van der Waals surface area contributed by atoms with Gasteiger partial charge < -0.3 is 15.3 Å². The molecule has 0 radical (unpaired) electrons. The van der Waals surface area contributed by atoms with Crippen LogP contribution >= 0.6 is 109 Å². The predicted octanol–water partition coefficient (Wildman–Crippen LogP) is 29.1. The number of anilines is 8. The molecule has 5 unspecified atom stereocenters. The van der Waals surface area contributed by atoms with Gasteiger partial charge in [-0.2, -0.15) is 0 Å². The normalized spacial score (nSPS) is 21.4. The topological polar surface area (TPSA) is 189 Å². The highest BCUT2D eigenvalue weighted by atomic mass is 79.9. The van der Waals surface area contributed by atoms with Gasteiger partial charge in [-0.25, -0.2) is 43.5 Å². The Hall–Kier alpha value is -12.0. The first-order valence-corrected chi connectivity index (χ1v) is 44.2. The average molecular weight is 1940 g/mol. The maximum Gasteiger partial charge on any atom is 0.336 e. The molecular formula is C100H83BrCl8N12O8. The first-order valence-electron chi connectivity index (χ1n) is 40.4. The van der Waals surface area contributed by atoms with Crippen molar-refractivity contribution in [1.29, 1.82) is 0 Å². The molecule has 12 aromatic rings. The minimum atomic E-state index is -1.77. The lowest BCUT2D eigenvalue weighted by atomic mass is 9.79. The van der Waals surface area contributed by atoms with Gasteiger partial charge in [0.05, 0.1) is 48.6 Å². The molecule has 9 amide bonds. The molecule has 129 heavy (non-hydrogen) atoms. The Kier molecular flexibility index (Phi) is 29.5. The molecule has 0 aromatic heterocycles. The number of carbonyl (C=O) groups is 5. The molecule has 4 aliphatic heterocycles. The Labute approximate surface area is 797 Å². The number of amides is 9. The summed E-state index contributed by atoms with van der Waals surface area (Å²) in [6, 6.07) is 80.6. The molecule has 4 aliphatic rings. The Morgan fingerprint density at radius 1 is 0.279 bits per heavy atom. The van der Waals surface area contributed by atoms with Gasteiger partial charge in [-0.3, -0.25) is 39.1 Å². The van der Waals surface area contributed by atoms with Crippen LogP contribution in [0.25, 0.3) is 19.4 Å². The van der Waals surface area contributed by atoms with E-state index in [0.717, 1.165) is 4.47 Å². The number of benzene rings is 12. The van der Waals surface area contributed by atoms with Gasteiger partial charge in [-0.15, -0.1) is 0 Å². The third-order valence-electron chi connectivity index (χ3n) is 23.9. The van der Waals surface area contributed by atoms with Crippen molar-refractivity contribution in [2.24, 2.45) is 0 Å². The lowest BCUT2D eigenvalue weighted by Crippen LogP contribution is -2.57. The number of hydrogen-bond donors (Lipinski definition) is 3. The molecule has 29 heteroatoms. The van der Waals surface area contributed by atoms with Crippen LogP contribution in [0.1, 0.15) is 97.8 Å². The van der Waals surface area contributed by atoms with Crippen molar-refractivity contribution in [3.63, 3.8) is 0 Å². The molecule has 4 saturated heterocycles. The van der Waals surface area contributed by atoms with Crippen LogP contribution in [0.2, 0.25) is 40.2 Å². The summed E-state index contributed by atoms with van der Waals surface area (Å²) in [4.78, 5) is 93.4. The smallest absolute Gasteiger partial charge is 0.336 e. The minimum Gasteiger partial charge on any atom is -0.365 e. The van der Waals surface area contributed by atoms with Crippen molar-refractivity contribution in [3.8, 4) is 0 Å². The number of rotatable bonds is 15. The van der Waals surface area contributed by atoms with E-state index in [1.165, 1.54) is 24.5 Å². The highest BCUT2D eigenvalue weighted by molar-refractivity contribution is 9.10. The van der Waals surface area contributed by atoms with Gasteiger partial charge in [0.2, 0.25) is 0 Å². The third kappa shape index (κ3) is 18.1. The molecule has 3 N–H and O–H groups in total. The molecular weight excluding hydrogens is 1860 g/mol. The lowest BCUT2D eigenvalue weighted by Gasteiger charge is -2.44. The van der Waals surface area contributed by atoms with Crippen molar-refractivity contribution < 1.29 is 39.3 Å². The second-order valence-corrected chi connectivity index (χ2v) is 35.4. The third-order valence-corrected chi connectivity index (χ3v) is 26.4. The molecule has 0 bridgehead atoms. The largest absolute Gasteiger partial charge is 0.365 e. The highest BCUT2D eigenvalue weighted by Crippen LogP contribution is 2.57. The fourth-order valence-electron chi connectivity index (χ4n) is 16.5. The zero-order chi connectivity index (χ0) is 93.5. The zero-order valence-electron chi connectivity index (χ0n) is 70.7. The van der Waals surface area contributed by atoms with Crippen LogP contribution in [-0.2, 0) is 22.0 Å². The summed E-state index contributed by atoms with van der Waals surface area (Å²) in [5.41, 5.74) is -1.86. The van der Waals surface area contributed by atoms with E-state index in [9.17, 15) is 39.3 Å². The minimum absolute atomic E-state index is 0.257. The van der Waals surface area contributed by atoms with Gasteiger partial charge in [0.1, 0.15) is 5.54 Å². The van der Waals surface area contributed by atoms with Gasteiger partial charge >= 0.3 is 24.1 Å². The first kappa shape index (κ1) is 96.1. The van der Waals surface area contributed by atoms with E-state index < -0.39 is 57.4 Å². The SMILES string of the molecule is CCC1(C)C(=O)N(c2ccc(Cl)cc2)C(=O)N1c1ccc(Cl)cc1.[C-]#[N+]c1cccc(Br)c1.[C-]#[N+]c1cccc(C2(O)N(c3ccc(Cl)cc3)C(=O)N(c3ccc(Cl)cc3)C2(C)CC)c1.[C-]#[N+]c1cccc(C2(O)N(c3ccc(Cl)cc3)C(=O)N(c3ccc(Cl)cc3)[C@@]2(C)CC)c1.[C-]#[N+]c1cccc(C2(O)N(c3ccc(Cl)cc3)C(=O)N(c3ccc(Cl)cc3)[C@]2(C)CC)c1. The van der Waals surface area contributed by atoms with Crippen LogP contribution in [0.3, 0.4) is 0 Å². The second kappa shape index (κ2) is 39.5. The van der Waals surface area contributed by atoms with Crippen LogP contribution in [0.15, 0.2) is 296 Å². The van der Waals surface area contributed by atoms with Crippen molar-refractivity contribution in [1.82, 2.24) is 0 Å². The van der Waals surface area contributed by atoms with Crippen LogP contribution in [-0.4, -0.2) is 67.5 Å². The van der Waals surface area contributed by atoms with E-state index in [2.05, 4.69) is 35.3 Å². The summed E-state index contributed by atoms with van der Waals surface area (Å²) in [7, 11) is 0. The Balaban J connectivity index is 0.000000151. The Bertz CT molecular complexity index is 5920. The molecule has 0 aliphatic carbocycles. The van der Waals surface area contributed by atoms with E-state index in [-0.39, 0.29) is 11.9 Å². The van der Waals surface area contributed by atoms with Crippen LogP contribution < -0.4 is 39.2 Å². The molecule has 4 heterocycles. The van der Waals surface area contributed by atoms with Crippen molar-refractivity contribution >= 4 is 207 Å². The summed E-state index contributed by atoms with van der Waals surface area (Å²) in [5, 5.41) is 41.7. The summed E-state index contributed by atoms with van der Waals surface area (Å²) in [6.07, 6.45) is 1.79. The number of nitrogens with zero attached hydrogens (tertiary/aromatic N) is 12. The van der Waals surface area contributed by atoms with E-state index in [0.29, 0.717) is 151 Å². The van der Waals surface area contributed by atoms with E-state index in [1.807, 2.05) is 60.6 Å². The second-order valence-electron chi connectivity index (χ2n) is 31.0. The summed E-state index contributed by atoms with van der Waals surface area (Å²) in [6.45, 7) is 43.9. The first-order chi connectivity index (χ1) is 61.5. The standard InChI is InChI=1S/3C25H21Cl2N3O2.C18H16Cl2N2O2.C7H4BrN/c3*1-4-24(2)25(32,17-6-5-7-20(16-17)28-3)30(22-14-10-19(27)11-15-22)23(31)29(24)21-12-8-18(26)9-13-21;1-3-18(2)16(23)21(14-8-4-12(19)5-9-14)17(24)22(18)15-10-6-13(20)7-11-15;1-9-7-4-2-3-6(8)5-7/h3*5-16,32H,4H2,1-2H3;4-11H,3H2,1-2H3;2-5H/t2*24-,25?;;;/m10.../s1. The molecule has 4 fully saturated rings. The molecule has 16 rings (SSSR count). The number of hydrogen-bond acceptors (Lipinski definition) is 8. The van der Waals surface area contributed by atoms with Gasteiger partial charge in [-0.1, -0.05) is 209 Å². The Morgan fingerprint density at radius 3 is 0.698 bits per heavy atom. The van der Waals surface area contributed by atoms with Crippen LogP contribution in [0, 0.1) is 26.3 Å². The lowest BCUT2D eigenvalue weighted by molar-refractivity contribution is -0.121. The average Bonchev–Trinajstić information content (AvgIpc) is 1.54. The van der Waals surface area contributed by atoms with Gasteiger partial charge in [0, 0.05) is 84.5 Å². The van der Waals surface area contributed by atoms with E-state index in [1.54, 1.807) is 301 Å².